The van der Waals surface area contributed by atoms with E-state index in [1.165, 1.54) is 5.56 Å². The molecule has 1 aromatic carbocycles. The molecule has 0 aliphatic rings. The quantitative estimate of drug-likeness (QED) is 0.773. The first-order valence-electron chi connectivity index (χ1n) is 6.12. The summed E-state index contributed by atoms with van der Waals surface area (Å²) in [4.78, 5) is 10.8. The topological polar surface area (TPSA) is 28.5 Å². The SMILES string of the molecule is C=C=Nc1ccccc1N(C)c1cc(C)cc(C)n1. The Kier molecular flexibility index (Phi) is 3.79. The van der Waals surface area contributed by atoms with Crippen molar-refractivity contribution >= 4 is 23.1 Å². The highest BCUT2D eigenvalue weighted by Gasteiger charge is 2.10. The van der Waals surface area contributed by atoms with Gasteiger partial charge in [0.25, 0.3) is 0 Å². The fraction of sp³-hybridized carbons (Fsp3) is 0.188. The van der Waals surface area contributed by atoms with Crippen LogP contribution >= 0.6 is 0 Å². The van der Waals surface area contributed by atoms with Crippen molar-refractivity contribution in [3.8, 4) is 0 Å². The predicted octanol–water partition coefficient (Wildman–Crippen LogP) is 3.95. The van der Waals surface area contributed by atoms with E-state index in [4.69, 9.17) is 0 Å². The van der Waals surface area contributed by atoms with E-state index in [0.717, 1.165) is 22.9 Å². The van der Waals surface area contributed by atoms with Gasteiger partial charge in [-0.1, -0.05) is 12.1 Å². The Balaban J connectivity index is 2.49. The number of nitrogens with zero attached hydrogens (tertiary/aromatic N) is 3. The summed E-state index contributed by atoms with van der Waals surface area (Å²) in [5.74, 6) is 3.49. The van der Waals surface area contributed by atoms with E-state index in [0.29, 0.717) is 0 Å². The first-order chi connectivity index (χ1) is 9.11. The van der Waals surface area contributed by atoms with Gasteiger partial charge in [-0.25, -0.2) is 9.98 Å². The normalized spacial score (nSPS) is 9.84. The third-order valence-electron chi connectivity index (χ3n) is 2.87. The van der Waals surface area contributed by atoms with Gasteiger partial charge in [0.05, 0.1) is 11.4 Å². The number of anilines is 2. The molecule has 0 saturated carbocycles. The molecule has 0 saturated heterocycles. The van der Waals surface area contributed by atoms with Crippen molar-refractivity contribution < 1.29 is 0 Å². The number of pyridine rings is 1. The molecular weight excluding hydrogens is 234 g/mol. The van der Waals surface area contributed by atoms with E-state index in [9.17, 15) is 0 Å². The van der Waals surface area contributed by atoms with Crippen molar-refractivity contribution in [3.05, 3.63) is 54.2 Å². The van der Waals surface area contributed by atoms with Gasteiger partial charge in [-0.2, -0.15) is 0 Å². The van der Waals surface area contributed by atoms with Gasteiger partial charge in [-0.3, -0.25) is 0 Å². The van der Waals surface area contributed by atoms with Crippen molar-refractivity contribution in [2.24, 2.45) is 4.99 Å². The van der Waals surface area contributed by atoms with Crippen LogP contribution in [0.2, 0.25) is 0 Å². The van der Waals surface area contributed by atoms with Crippen molar-refractivity contribution in [3.63, 3.8) is 0 Å². The zero-order valence-corrected chi connectivity index (χ0v) is 11.5. The van der Waals surface area contributed by atoms with Crippen molar-refractivity contribution in [2.45, 2.75) is 13.8 Å². The van der Waals surface area contributed by atoms with E-state index in [2.05, 4.69) is 41.5 Å². The summed E-state index contributed by atoms with van der Waals surface area (Å²) in [6.45, 7) is 7.60. The number of hydrogen-bond acceptors (Lipinski definition) is 3. The van der Waals surface area contributed by atoms with Crippen molar-refractivity contribution in [2.75, 3.05) is 11.9 Å². The second kappa shape index (κ2) is 5.51. The second-order valence-corrected chi connectivity index (χ2v) is 4.46. The molecule has 19 heavy (non-hydrogen) atoms. The molecular formula is C16H17N3. The van der Waals surface area contributed by atoms with Crippen LogP contribution in [0.1, 0.15) is 11.3 Å². The Bertz CT molecular complexity index is 620. The third-order valence-corrected chi connectivity index (χ3v) is 2.87. The van der Waals surface area contributed by atoms with Crippen LogP contribution in [0, 0.1) is 13.8 Å². The Morgan fingerprint density at radius 2 is 1.95 bits per heavy atom. The summed E-state index contributed by atoms with van der Waals surface area (Å²) in [7, 11) is 1.98. The molecule has 0 amide bonds. The van der Waals surface area contributed by atoms with Crippen LogP contribution in [-0.4, -0.2) is 17.9 Å². The van der Waals surface area contributed by atoms with Gasteiger partial charge >= 0.3 is 0 Å². The summed E-state index contributed by atoms with van der Waals surface area (Å²) >= 11 is 0. The maximum atomic E-state index is 4.56. The lowest BCUT2D eigenvalue weighted by Crippen LogP contribution is -2.12. The largest absolute Gasteiger partial charge is 0.328 e. The minimum Gasteiger partial charge on any atom is -0.328 e. The summed E-state index contributed by atoms with van der Waals surface area (Å²) < 4.78 is 0. The molecule has 0 bridgehead atoms. The average Bonchev–Trinajstić information content (AvgIpc) is 2.38. The van der Waals surface area contributed by atoms with Crippen LogP contribution in [0.4, 0.5) is 17.2 Å². The van der Waals surface area contributed by atoms with Gasteiger partial charge < -0.3 is 4.90 Å². The zero-order chi connectivity index (χ0) is 13.8. The minimum atomic E-state index is 0.834. The fourth-order valence-corrected chi connectivity index (χ4v) is 2.04. The van der Waals surface area contributed by atoms with Gasteiger partial charge in [0.15, 0.2) is 0 Å². The summed E-state index contributed by atoms with van der Waals surface area (Å²) in [5.41, 5.74) is 4.02. The molecule has 0 aliphatic heterocycles. The second-order valence-electron chi connectivity index (χ2n) is 4.46. The minimum absolute atomic E-state index is 0.834. The summed E-state index contributed by atoms with van der Waals surface area (Å²) in [6, 6.07) is 12.0. The van der Waals surface area contributed by atoms with Crippen LogP contribution in [0.3, 0.4) is 0 Å². The van der Waals surface area contributed by atoms with Crippen molar-refractivity contribution in [1.29, 1.82) is 0 Å². The van der Waals surface area contributed by atoms with Gasteiger partial charge in [0, 0.05) is 12.7 Å². The van der Waals surface area contributed by atoms with Crippen LogP contribution < -0.4 is 4.90 Å². The number of rotatable bonds is 3. The highest BCUT2D eigenvalue weighted by molar-refractivity contribution is 5.75. The van der Waals surface area contributed by atoms with Crippen molar-refractivity contribution in [1.82, 2.24) is 4.98 Å². The number of aromatic nitrogens is 1. The smallest absolute Gasteiger partial charge is 0.133 e. The van der Waals surface area contributed by atoms with Crippen LogP contribution in [0.5, 0.6) is 0 Å². The number of para-hydroxylation sites is 2. The van der Waals surface area contributed by atoms with E-state index in [1.807, 2.05) is 43.1 Å². The maximum Gasteiger partial charge on any atom is 0.133 e. The highest BCUT2D eigenvalue weighted by Crippen LogP contribution is 2.31. The molecule has 3 nitrogen and oxygen atoms in total. The number of aryl methyl sites for hydroxylation is 2. The maximum absolute atomic E-state index is 4.56. The first kappa shape index (κ1) is 13.1. The standard InChI is InChI=1S/C16H17N3/c1-5-17-14-8-6-7-9-15(14)19(4)16-11-12(2)10-13(3)18-16/h6-11H,1H2,2-4H3. The molecule has 1 heterocycles. The number of aliphatic imine (C=N–C) groups is 1. The predicted molar refractivity (Wildman–Crippen MR) is 80.9 cm³/mol. The average molecular weight is 251 g/mol. The lowest BCUT2D eigenvalue weighted by molar-refractivity contribution is 1.08. The molecule has 0 aliphatic carbocycles. The van der Waals surface area contributed by atoms with Crippen LogP contribution in [0.25, 0.3) is 0 Å². The van der Waals surface area contributed by atoms with Gasteiger partial charge in [0.2, 0.25) is 0 Å². The van der Waals surface area contributed by atoms with E-state index in [-0.39, 0.29) is 0 Å². The van der Waals surface area contributed by atoms with Gasteiger partial charge in [-0.15, -0.1) is 0 Å². The molecule has 0 spiro atoms. The molecule has 2 rings (SSSR count). The first-order valence-corrected chi connectivity index (χ1v) is 6.12. The zero-order valence-electron chi connectivity index (χ0n) is 11.5. The molecule has 2 aromatic rings. The molecule has 0 fully saturated rings. The number of hydrogen-bond donors (Lipinski definition) is 0. The molecule has 3 heteroatoms. The lowest BCUT2D eigenvalue weighted by Gasteiger charge is -2.20. The van der Waals surface area contributed by atoms with Crippen LogP contribution in [0.15, 0.2) is 48.0 Å². The van der Waals surface area contributed by atoms with E-state index >= 15 is 0 Å². The Morgan fingerprint density at radius 3 is 2.63 bits per heavy atom. The third kappa shape index (κ3) is 2.90. The monoisotopic (exact) mass is 251 g/mol. The lowest BCUT2D eigenvalue weighted by atomic mass is 10.2. The molecule has 96 valence electrons. The van der Waals surface area contributed by atoms with Gasteiger partial charge in [-0.05, 0) is 56.1 Å². The Morgan fingerprint density at radius 1 is 1.21 bits per heavy atom. The summed E-state index contributed by atoms with van der Waals surface area (Å²) in [5, 5.41) is 0. The highest BCUT2D eigenvalue weighted by atomic mass is 15.2. The Labute approximate surface area is 113 Å². The van der Waals surface area contributed by atoms with E-state index < -0.39 is 0 Å². The molecule has 1 aromatic heterocycles. The van der Waals surface area contributed by atoms with E-state index in [1.54, 1.807) is 0 Å². The van der Waals surface area contributed by atoms with Gasteiger partial charge in [0.1, 0.15) is 5.82 Å². The summed E-state index contributed by atoms with van der Waals surface area (Å²) in [6.07, 6.45) is 0. The fourth-order valence-electron chi connectivity index (χ4n) is 2.04. The number of benzene rings is 1. The molecule has 0 radical (unpaired) electrons. The molecule has 0 unspecified atom stereocenters. The molecule has 0 N–H and O–H groups in total. The van der Waals surface area contributed by atoms with Crippen LogP contribution in [-0.2, 0) is 0 Å². The Hall–Kier alpha value is -2.38. The molecule has 0 atom stereocenters.